The highest BCUT2D eigenvalue weighted by molar-refractivity contribution is 5.96. The van der Waals surface area contributed by atoms with Crippen molar-refractivity contribution >= 4 is 17.7 Å². The number of anilines is 1. The molecule has 0 spiro atoms. The normalized spacial score (nSPS) is 15.0. The largest absolute Gasteiger partial charge is 0.480 e. The van der Waals surface area contributed by atoms with Gasteiger partial charge in [0.25, 0.3) is 0 Å². The Hall–Kier alpha value is -2.11. The lowest BCUT2D eigenvalue weighted by Crippen LogP contribution is -2.48. The quantitative estimate of drug-likeness (QED) is 0.896. The van der Waals surface area contributed by atoms with Crippen molar-refractivity contribution in [1.82, 2.24) is 5.32 Å². The molecule has 2 amide bonds. The number of urea groups is 1. The SMILES string of the molecule is CC(C)C[C@H](NC(=O)N1CCc2ccc(F)cc21)C(=O)O. The number of rotatable bonds is 4. The summed E-state index contributed by atoms with van der Waals surface area (Å²) < 4.78 is 13.3. The standard InChI is InChI=1S/C15H19FN2O3/c1-9(2)7-12(14(19)20)17-15(21)18-6-5-10-3-4-11(16)8-13(10)18/h3-4,8-9,12H,5-7H2,1-2H3,(H,17,21)(H,19,20)/t12-/m0/s1. The summed E-state index contributed by atoms with van der Waals surface area (Å²) in [5, 5.41) is 11.7. The Labute approximate surface area is 122 Å². The number of halogens is 1. The van der Waals surface area contributed by atoms with Crippen LogP contribution in [0.1, 0.15) is 25.8 Å². The predicted octanol–water partition coefficient (Wildman–Crippen LogP) is 2.40. The fourth-order valence-electron chi connectivity index (χ4n) is 2.48. The molecule has 0 saturated heterocycles. The minimum Gasteiger partial charge on any atom is -0.480 e. The summed E-state index contributed by atoms with van der Waals surface area (Å²) in [6.07, 6.45) is 0.996. The molecule has 0 fully saturated rings. The average Bonchev–Trinajstić information content (AvgIpc) is 2.80. The van der Waals surface area contributed by atoms with Crippen molar-refractivity contribution in [3.05, 3.63) is 29.6 Å². The number of hydrogen-bond acceptors (Lipinski definition) is 2. The fourth-order valence-corrected chi connectivity index (χ4v) is 2.48. The molecular weight excluding hydrogens is 275 g/mol. The van der Waals surface area contributed by atoms with Crippen LogP contribution < -0.4 is 10.2 Å². The molecule has 1 heterocycles. The first kappa shape index (κ1) is 15.3. The average molecular weight is 294 g/mol. The Morgan fingerprint density at radius 2 is 2.14 bits per heavy atom. The molecule has 0 aromatic heterocycles. The molecule has 0 unspecified atom stereocenters. The van der Waals surface area contributed by atoms with Gasteiger partial charge in [-0.25, -0.2) is 14.0 Å². The lowest BCUT2D eigenvalue weighted by atomic mass is 10.0. The smallest absolute Gasteiger partial charge is 0.326 e. The van der Waals surface area contributed by atoms with Crippen molar-refractivity contribution in [2.45, 2.75) is 32.7 Å². The highest BCUT2D eigenvalue weighted by Crippen LogP contribution is 2.28. The first-order chi connectivity index (χ1) is 9.88. The molecule has 0 saturated carbocycles. The summed E-state index contributed by atoms with van der Waals surface area (Å²) in [4.78, 5) is 24.8. The number of amides is 2. The van der Waals surface area contributed by atoms with Crippen LogP contribution in [0.3, 0.4) is 0 Å². The molecular formula is C15H19FN2O3. The van der Waals surface area contributed by atoms with Crippen LogP contribution in [0.15, 0.2) is 18.2 Å². The molecule has 1 aliphatic rings. The van der Waals surface area contributed by atoms with Crippen LogP contribution in [-0.2, 0) is 11.2 Å². The summed E-state index contributed by atoms with van der Waals surface area (Å²) in [5.41, 5.74) is 1.41. The molecule has 114 valence electrons. The number of carbonyl (C=O) groups excluding carboxylic acids is 1. The minimum absolute atomic E-state index is 0.148. The van der Waals surface area contributed by atoms with Crippen LogP contribution in [0.25, 0.3) is 0 Å². The zero-order valence-corrected chi connectivity index (χ0v) is 12.1. The van der Waals surface area contributed by atoms with Crippen LogP contribution in [0.5, 0.6) is 0 Å². The third-order valence-electron chi connectivity index (χ3n) is 3.49. The second-order valence-electron chi connectivity index (χ2n) is 5.64. The van der Waals surface area contributed by atoms with Crippen molar-refractivity contribution in [3.63, 3.8) is 0 Å². The maximum Gasteiger partial charge on any atom is 0.326 e. The van der Waals surface area contributed by atoms with E-state index in [1.807, 2.05) is 13.8 Å². The van der Waals surface area contributed by atoms with Crippen LogP contribution in [0.2, 0.25) is 0 Å². The van der Waals surface area contributed by atoms with Gasteiger partial charge in [0.1, 0.15) is 11.9 Å². The van der Waals surface area contributed by atoms with E-state index in [4.69, 9.17) is 5.11 Å². The first-order valence-electron chi connectivity index (χ1n) is 6.97. The van der Waals surface area contributed by atoms with Gasteiger partial charge in [-0.15, -0.1) is 0 Å². The van der Waals surface area contributed by atoms with Crippen molar-refractivity contribution in [2.24, 2.45) is 5.92 Å². The lowest BCUT2D eigenvalue weighted by molar-refractivity contribution is -0.139. The fraction of sp³-hybridized carbons (Fsp3) is 0.467. The number of carbonyl (C=O) groups is 2. The summed E-state index contributed by atoms with van der Waals surface area (Å²) in [6, 6.07) is 2.89. The summed E-state index contributed by atoms with van der Waals surface area (Å²) >= 11 is 0. The Kier molecular flexibility index (Phi) is 4.45. The van der Waals surface area contributed by atoms with Gasteiger partial charge in [0, 0.05) is 6.54 Å². The monoisotopic (exact) mass is 294 g/mol. The molecule has 0 aliphatic carbocycles. The molecule has 0 bridgehead atoms. The van der Waals surface area contributed by atoms with Gasteiger partial charge >= 0.3 is 12.0 Å². The topological polar surface area (TPSA) is 69.6 Å². The maximum absolute atomic E-state index is 13.3. The van der Waals surface area contributed by atoms with Crippen molar-refractivity contribution in [3.8, 4) is 0 Å². The van der Waals surface area contributed by atoms with Gasteiger partial charge in [-0.2, -0.15) is 0 Å². The van der Waals surface area contributed by atoms with Gasteiger partial charge in [-0.05, 0) is 36.5 Å². The summed E-state index contributed by atoms with van der Waals surface area (Å²) in [5.74, 6) is -1.32. The van der Waals surface area contributed by atoms with Crippen LogP contribution in [0, 0.1) is 11.7 Å². The Morgan fingerprint density at radius 1 is 1.43 bits per heavy atom. The minimum atomic E-state index is -1.06. The predicted molar refractivity (Wildman–Crippen MR) is 76.9 cm³/mol. The molecule has 1 aromatic carbocycles. The third-order valence-corrected chi connectivity index (χ3v) is 3.49. The first-order valence-corrected chi connectivity index (χ1v) is 6.97. The van der Waals surface area contributed by atoms with Crippen molar-refractivity contribution in [2.75, 3.05) is 11.4 Å². The van der Waals surface area contributed by atoms with Gasteiger partial charge < -0.3 is 10.4 Å². The van der Waals surface area contributed by atoms with E-state index in [0.29, 0.717) is 25.1 Å². The number of aliphatic carboxylic acids is 1. The second-order valence-corrected chi connectivity index (χ2v) is 5.64. The number of carboxylic acid groups (broad SMARTS) is 1. The van der Waals surface area contributed by atoms with Crippen LogP contribution >= 0.6 is 0 Å². The van der Waals surface area contributed by atoms with Crippen LogP contribution in [0.4, 0.5) is 14.9 Å². The number of fused-ring (bicyclic) bond motifs is 1. The second kappa shape index (κ2) is 6.11. The number of benzene rings is 1. The summed E-state index contributed by atoms with van der Waals surface area (Å²) in [6.45, 7) is 4.21. The van der Waals surface area contributed by atoms with Crippen LogP contribution in [-0.4, -0.2) is 29.7 Å². The molecule has 1 atom stereocenters. The van der Waals surface area contributed by atoms with Gasteiger partial charge in [-0.1, -0.05) is 19.9 Å². The van der Waals surface area contributed by atoms with E-state index in [-0.39, 0.29) is 5.92 Å². The van der Waals surface area contributed by atoms with E-state index in [9.17, 15) is 14.0 Å². The Bertz CT molecular complexity index is 560. The number of carboxylic acids is 1. The van der Waals surface area contributed by atoms with Gasteiger partial charge in [-0.3, -0.25) is 4.90 Å². The zero-order chi connectivity index (χ0) is 15.6. The Balaban J connectivity index is 2.11. The zero-order valence-electron chi connectivity index (χ0n) is 12.1. The third kappa shape index (κ3) is 3.51. The highest BCUT2D eigenvalue weighted by Gasteiger charge is 2.29. The van der Waals surface area contributed by atoms with Gasteiger partial charge in [0.05, 0.1) is 5.69 Å². The number of nitrogens with one attached hydrogen (secondary N) is 1. The molecule has 21 heavy (non-hydrogen) atoms. The lowest BCUT2D eigenvalue weighted by Gasteiger charge is -2.22. The van der Waals surface area contributed by atoms with E-state index in [1.54, 1.807) is 6.07 Å². The number of nitrogens with zero attached hydrogens (tertiary/aromatic N) is 1. The van der Waals surface area contributed by atoms with Crippen molar-refractivity contribution in [1.29, 1.82) is 0 Å². The van der Waals surface area contributed by atoms with E-state index in [0.717, 1.165) is 5.56 Å². The highest BCUT2D eigenvalue weighted by atomic mass is 19.1. The van der Waals surface area contributed by atoms with E-state index >= 15 is 0 Å². The van der Waals surface area contributed by atoms with E-state index in [2.05, 4.69) is 5.32 Å². The van der Waals surface area contributed by atoms with Gasteiger partial charge in [0.15, 0.2) is 0 Å². The molecule has 2 N–H and O–H groups in total. The molecule has 1 aliphatic heterocycles. The molecule has 6 heteroatoms. The van der Waals surface area contributed by atoms with E-state index in [1.165, 1.54) is 17.0 Å². The Morgan fingerprint density at radius 3 is 2.76 bits per heavy atom. The molecule has 1 aromatic rings. The van der Waals surface area contributed by atoms with Gasteiger partial charge in [0.2, 0.25) is 0 Å². The van der Waals surface area contributed by atoms with Crippen molar-refractivity contribution < 1.29 is 19.1 Å². The van der Waals surface area contributed by atoms with E-state index < -0.39 is 23.9 Å². The maximum atomic E-state index is 13.3. The molecule has 2 rings (SSSR count). The summed E-state index contributed by atoms with van der Waals surface area (Å²) in [7, 11) is 0. The molecule has 0 radical (unpaired) electrons. The number of hydrogen-bond donors (Lipinski definition) is 2. The molecule has 5 nitrogen and oxygen atoms in total.